The van der Waals surface area contributed by atoms with Crippen LogP contribution in [-0.4, -0.2) is 25.6 Å². The Hall–Kier alpha value is -3.52. The Bertz CT molecular complexity index is 1380. The van der Waals surface area contributed by atoms with Gasteiger partial charge in [-0.3, -0.25) is 0 Å². The van der Waals surface area contributed by atoms with E-state index in [1.807, 2.05) is 30.3 Å². The molecular weight excluding hydrogens is 465 g/mol. The first-order valence-electron chi connectivity index (χ1n) is 13.4. The number of nitrogens with two attached hydrogens (primary N) is 2. The quantitative estimate of drug-likeness (QED) is 0.304. The number of rotatable bonds is 6. The number of nitrogens with zero attached hydrogens (tertiary/aromatic N) is 4. The number of aromatic nitrogens is 4. The third-order valence-electron chi connectivity index (χ3n) is 7.98. The molecule has 0 spiro atoms. The molecular formula is C29H34FN7. The minimum atomic E-state index is -0.235. The van der Waals surface area contributed by atoms with Crippen LogP contribution in [0.1, 0.15) is 74.7 Å². The van der Waals surface area contributed by atoms with Crippen LogP contribution in [0.2, 0.25) is 0 Å². The molecule has 2 aromatic heterocycles. The largest absolute Gasteiger partial charge is 0.368 e. The van der Waals surface area contributed by atoms with Crippen molar-refractivity contribution in [3.63, 3.8) is 0 Å². The van der Waals surface area contributed by atoms with Gasteiger partial charge in [-0.25, -0.2) is 9.37 Å². The topological polar surface area (TPSA) is 108 Å². The van der Waals surface area contributed by atoms with E-state index >= 15 is 0 Å². The molecule has 0 bridgehead atoms. The van der Waals surface area contributed by atoms with E-state index in [2.05, 4.69) is 14.9 Å². The van der Waals surface area contributed by atoms with Crippen molar-refractivity contribution in [2.75, 3.05) is 11.1 Å². The van der Waals surface area contributed by atoms with Gasteiger partial charge < -0.3 is 21.4 Å². The smallest absolute Gasteiger partial charge is 0.224 e. The van der Waals surface area contributed by atoms with Gasteiger partial charge in [0.1, 0.15) is 11.6 Å². The van der Waals surface area contributed by atoms with Crippen LogP contribution in [0.25, 0.3) is 22.3 Å². The van der Waals surface area contributed by atoms with Crippen LogP contribution in [0.15, 0.2) is 48.5 Å². The lowest BCUT2D eigenvalue weighted by Crippen LogP contribution is -2.27. The molecule has 2 aliphatic carbocycles. The molecule has 0 atom stereocenters. The van der Waals surface area contributed by atoms with E-state index in [1.165, 1.54) is 18.9 Å². The number of nitrogen functional groups attached to an aromatic ring is 1. The summed E-state index contributed by atoms with van der Waals surface area (Å²) in [7, 11) is 0. The summed E-state index contributed by atoms with van der Waals surface area (Å²) in [5.41, 5.74) is 17.0. The van der Waals surface area contributed by atoms with Crippen LogP contribution in [0, 0.1) is 5.82 Å². The zero-order chi connectivity index (χ0) is 25.4. The SMILES string of the molecule is Nc1nc(NCc2ccc(-c3cccc(F)c3)cc2)c2nc(C3CCC(N)CC3)n(C3CCCC3)c2n1. The van der Waals surface area contributed by atoms with E-state index in [9.17, 15) is 4.39 Å². The Labute approximate surface area is 216 Å². The van der Waals surface area contributed by atoms with Gasteiger partial charge in [-0.1, -0.05) is 49.2 Å². The molecule has 7 nitrogen and oxygen atoms in total. The number of benzene rings is 2. The van der Waals surface area contributed by atoms with Crippen molar-refractivity contribution in [3.8, 4) is 11.1 Å². The molecule has 37 heavy (non-hydrogen) atoms. The predicted octanol–water partition coefficient (Wildman–Crippen LogP) is 5.93. The van der Waals surface area contributed by atoms with Crippen LogP contribution in [0.3, 0.4) is 0 Å². The summed E-state index contributed by atoms with van der Waals surface area (Å²) >= 11 is 0. The summed E-state index contributed by atoms with van der Waals surface area (Å²) in [5, 5.41) is 3.47. The molecule has 2 aliphatic rings. The first kappa shape index (κ1) is 23.9. The van der Waals surface area contributed by atoms with Crippen LogP contribution in [0.5, 0.6) is 0 Å². The number of hydrogen-bond acceptors (Lipinski definition) is 6. The summed E-state index contributed by atoms with van der Waals surface area (Å²) < 4.78 is 16.0. The second-order valence-corrected chi connectivity index (χ2v) is 10.6. The molecule has 0 amide bonds. The van der Waals surface area contributed by atoms with Crippen molar-refractivity contribution in [1.82, 2.24) is 19.5 Å². The highest BCUT2D eigenvalue weighted by molar-refractivity contribution is 5.85. The van der Waals surface area contributed by atoms with E-state index in [4.69, 9.17) is 21.4 Å². The number of nitrogens with one attached hydrogen (secondary N) is 1. The Morgan fingerprint density at radius 3 is 2.38 bits per heavy atom. The first-order valence-corrected chi connectivity index (χ1v) is 13.4. The number of hydrogen-bond donors (Lipinski definition) is 3. The maximum Gasteiger partial charge on any atom is 0.224 e. The number of anilines is 2. The lowest BCUT2D eigenvalue weighted by atomic mass is 9.86. The maximum absolute atomic E-state index is 13.6. The predicted molar refractivity (Wildman–Crippen MR) is 146 cm³/mol. The van der Waals surface area contributed by atoms with Gasteiger partial charge in [-0.05, 0) is 67.3 Å². The van der Waals surface area contributed by atoms with Crippen molar-refractivity contribution in [2.45, 2.75) is 75.9 Å². The summed E-state index contributed by atoms with van der Waals surface area (Å²) in [6.45, 7) is 0.568. The molecule has 0 radical (unpaired) electrons. The van der Waals surface area contributed by atoms with Crippen molar-refractivity contribution in [3.05, 3.63) is 65.7 Å². The lowest BCUT2D eigenvalue weighted by molar-refractivity contribution is 0.367. The highest BCUT2D eigenvalue weighted by atomic mass is 19.1. The third kappa shape index (κ3) is 4.90. The van der Waals surface area contributed by atoms with Crippen LogP contribution in [0.4, 0.5) is 16.2 Å². The van der Waals surface area contributed by atoms with E-state index in [0.717, 1.165) is 72.2 Å². The normalized spacial score (nSPS) is 20.5. The van der Waals surface area contributed by atoms with E-state index in [1.54, 1.807) is 12.1 Å². The molecule has 2 heterocycles. The Kier molecular flexibility index (Phi) is 6.50. The van der Waals surface area contributed by atoms with Gasteiger partial charge in [-0.2, -0.15) is 9.97 Å². The van der Waals surface area contributed by atoms with Crippen LogP contribution in [-0.2, 0) is 6.54 Å². The van der Waals surface area contributed by atoms with Crippen molar-refractivity contribution in [2.24, 2.45) is 5.73 Å². The lowest BCUT2D eigenvalue weighted by Gasteiger charge is -2.27. The molecule has 0 unspecified atom stereocenters. The number of halogens is 1. The van der Waals surface area contributed by atoms with E-state index in [-0.39, 0.29) is 11.8 Å². The van der Waals surface area contributed by atoms with Gasteiger partial charge in [-0.15, -0.1) is 0 Å². The van der Waals surface area contributed by atoms with E-state index < -0.39 is 0 Å². The van der Waals surface area contributed by atoms with Gasteiger partial charge in [0.25, 0.3) is 0 Å². The van der Waals surface area contributed by atoms with Gasteiger partial charge in [0.05, 0.1) is 0 Å². The molecule has 2 saturated carbocycles. The van der Waals surface area contributed by atoms with Crippen LogP contribution >= 0.6 is 0 Å². The highest BCUT2D eigenvalue weighted by Gasteiger charge is 2.31. The Morgan fingerprint density at radius 1 is 0.892 bits per heavy atom. The molecule has 0 aliphatic heterocycles. The van der Waals surface area contributed by atoms with Gasteiger partial charge in [0.15, 0.2) is 17.0 Å². The monoisotopic (exact) mass is 499 g/mol. The fraction of sp³-hybridized carbons (Fsp3) is 0.414. The molecule has 2 aromatic carbocycles. The molecule has 0 saturated heterocycles. The average molecular weight is 500 g/mol. The number of fused-ring (bicyclic) bond motifs is 1. The van der Waals surface area contributed by atoms with Crippen molar-refractivity contribution in [1.29, 1.82) is 0 Å². The van der Waals surface area contributed by atoms with Gasteiger partial charge in [0.2, 0.25) is 5.95 Å². The first-order chi connectivity index (χ1) is 18.0. The van der Waals surface area contributed by atoms with Crippen molar-refractivity contribution < 1.29 is 4.39 Å². The second kappa shape index (κ2) is 10.1. The Morgan fingerprint density at radius 2 is 1.65 bits per heavy atom. The average Bonchev–Trinajstić information content (AvgIpc) is 3.56. The molecule has 6 rings (SSSR count). The third-order valence-corrected chi connectivity index (χ3v) is 7.98. The molecule has 8 heteroatoms. The van der Waals surface area contributed by atoms with Crippen molar-refractivity contribution >= 4 is 22.9 Å². The zero-order valence-corrected chi connectivity index (χ0v) is 21.0. The van der Waals surface area contributed by atoms with Gasteiger partial charge >= 0.3 is 0 Å². The standard InChI is InChI=1S/C29H34FN7/c30-22-5-3-4-21(16-22)19-10-8-18(9-11-19)17-33-26-25-28(36-29(32)35-26)37(24-6-1-2-7-24)27(34-25)20-12-14-23(31)15-13-20/h3-5,8-11,16,20,23-24H,1-2,6-7,12-15,17,31H2,(H3,32,33,35,36). The molecule has 4 aromatic rings. The summed E-state index contributed by atoms with van der Waals surface area (Å²) in [5.74, 6) is 2.20. The zero-order valence-electron chi connectivity index (χ0n) is 21.0. The minimum Gasteiger partial charge on any atom is -0.368 e. The van der Waals surface area contributed by atoms with Gasteiger partial charge in [0, 0.05) is 24.5 Å². The maximum atomic E-state index is 13.6. The highest BCUT2D eigenvalue weighted by Crippen LogP contribution is 2.40. The summed E-state index contributed by atoms with van der Waals surface area (Å²) in [6, 6.07) is 15.5. The fourth-order valence-electron chi connectivity index (χ4n) is 5.99. The molecule has 2 fully saturated rings. The fourth-order valence-corrected chi connectivity index (χ4v) is 5.99. The Balaban J connectivity index is 1.29. The summed E-state index contributed by atoms with van der Waals surface area (Å²) in [6.07, 6.45) is 8.94. The van der Waals surface area contributed by atoms with Crippen LogP contribution < -0.4 is 16.8 Å². The molecule has 192 valence electrons. The molecule has 5 N–H and O–H groups in total. The minimum absolute atomic E-state index is 0.235. The second-order valence-electron chi connectivity index (χ2n) is 10.6. The number of imidazole rings is 1. The van der Waals surface area contributed by atoms with E-state index in [0.29, 0.717) is 30.4 Å². The summed E-state index contributed by atoms with van der Waals surface area (Å²) in [4.78, 5) is 14.4.